The molecular formula is C19H18ClNO6S. The molecule has 2 rings (SSSR count). The molecule has 9 heteroatoms. The van der Waals surface area contributed by atoms with E-state index in [0.29, 0.717) is 17.9 Å². The number of carbonyl (C=O) groups is 3. The molecule has 28 heavy (non-hydrogen) atoms. The number of ether oxygens (including phenoxy) is 3. The van der Waals surface area contributed by atoms with Gasteiger partial charge in [0.2, 0.25) is 0 Å². The van der Waals surface area contributed by atoms with Crippen LogP contribution in [0.2, 0.25) is 5.02 Å². The topological polar surface area (TPSA) is 82.1 Å². The Morgan fingerprint density at radius 3 is 2.68 bits per heavy atom. The summed E-state index contributed by atoms with van der Waals surface area (Å²) < 4.78 is 15.8. The second-order valence-corrected chi connectivity index (χ2v) is 6.73. The van der Waals surface area contributed by atoms with Crippen molar-refractivity contribution in [2.24, 2.45) is 0 Å². The second kappa shape index (κ2) is 10.1. The number of amides is 2. The molecule has 1 aliphatic rings. The van der Waals surface area contributed by atoms with E-state index in [0.717, 1.165) is 16.7 Å². The molecule has 0 N–H and O–H groups in total. The van der Waals surface area contributed by atoms with Gasteiger partial charge in [-0.3, -0.25) is 14.5 Å². The summed E-state index contributed by atoms with van der Waals surface area (Å²) in [6.45, 7) is 3.62. The molecule has 0 unspecified atom stereocenters. The number of benzene rings is 1. The summed E-state index contributed by atoms with van der Waals surface area (Å²) in [5.41, 5.74) is 0.531. The summed E-state index contributed by atoms with van der Waals surface area (Å²) in [5.74, 6) is 1.76. The predicted octanol–water partition coefficient (Wildman–Crippen LogP) is 3.35. The van der Waals surface area contributed by atoms with Crippen molar-refractivity contribution >= 4 is 46.6 Å². The van der Waals surface area contributed by atoms with Crippen LogP contribution in [0.1, 0.15) is 19.4 Å². The van der Waals surface area contributed by atoms with Crippen molar-refractivity contribution in [3.8, 4) is 23.8 Å². The summed E-state index contributed by atoms with van der Waals surface area (Å²) in [6.07, 6.45) is 6.70. The Hall–Kier alpha value is -2.63. The van der Waals surface area contributed by atoms with Crippen LogP contribution < -0.4 is 9.47 Å². The zero-order chi connectivity index (χ0) is 20.7. The minimum absolute atomic E-state index is 0.0897. The van der Waals surface area contributed by atoms with E-state index in [-0.39, 0.29) is 35.4 Å². The van der Waals surface area contributed by atoms with Gasteiger partial charge < -0.3 is 14.2 Å². The summed E-state index contributed by atoms with van der Waals surface area (Å²) >= 11 is 7.07. The average Bonchev–Trinajstić information content (AvgIpc) is 2.89. The van der Waals surface area contributed by atoms with E-state index in [9.17, 15) is 14.4 Å². The first kappa shape index (κ1) is 21.7. The Labute approximate surface area is 171 Å². The highest BCUT2D eigenvalue weighted by Gasteiger charge is 2.34. The maximum absolute atomic E-state index is 12.3. The number of halogens is 1. The number of esters is 1. The molecule has 0 aliphatic carbocycles. The number of thioether (sulfide) groups is 1. The van der Waals surface area contributed by atoms with Crippen molar-refractivity contribution in [2.45, 2.75) is 13.8 Å². The number of rotatable bonds is 8. The van der Waals surface area contributed by atoms with Gasteiger partial charge in [-0.1, -0.05) is 17.5 Å². The van der Waals surface area contributed by atoms with Crippen LogP contribution in [0.5, 0.6) is 11.5 Å². The molecule has 1 aliphatic heterocycles. The third-order valence-electron chi connectivity index (χ3n) is 3.39. The Morgan fingerprint density at radius 1 is 1.29 bits per heavy atom. The molecule has 0 spiro atoms. The lowest BCUT2D eigenvalue weighted by molar-refractivity contribution is -0.145. The molecule has 0 bridgehead atoms. The van der Waals surface area contributed by atoms with Gasteiger partial charge in [0.15, 0.2) is 18.1 Å². The zero-order valence-electron chi connectivity index (χ0n) is 15.3. The molecule has 2 amide bonds. The van der Waals surface area contributed by atoms with Crippen LogP contribution in [0.15, 0.2) is 17.0 Å². The number of hydrogen-bond acceptors (Lipinski definition) is 7. The van der Waals surface area contributed by atoms with Gasteiger partial charge >= 0.3 is 5.97 Å². The molecule has 1 aromatic carbocycles. The van der Waals surface area contributed by atoms with E-state index in [4.69, 9.17) is 32.2 Å². The van der Waals surface area contributed by atoms with E-state index < -0.39 is 17.1 Å². The molecule has 1 heterocycles. The fourth-order valence-electron chi connectivity index (χ4n) is 2.29. The van der Waals surface area contributed by atoms with Gasteiger partial charge in [0, 0.05) is 0 Å². The lowest BCUT2D eigenvalue weighted by atomic mass is 10.1. The lowest BCUT2D eigenvalue weighted by Gasteiger charge is -2.14. The number of hydrogen-bond donors (Lipinski definition) is 0. The molecule has 0 atom stereocenters. The van der Waals surface area contributed by atoms with Crippen LogP contribution in [-0.4, -0.2) is 48.4 Å². The molecule has 0 radical (unpaired) electrons. The normalized spacial score (nSPS) is 14.9. The minimum Gasteiger partial charge on any atom is -0.490 e. The third-order valence-corrected chi connectivity index (χ3v) is 4.58. The van der Waals surface area contributed by atoms with Gasteiger partial charge in [0.05, 0.1) is 29.7 Å². The number of carbonyl (C=O) groups excluding carboxylic acids is 3. The highest BCUT2D eigenvalue weighted by atomic mass is 35.5. The molecule has 1 saturated heterocycles. The van der Waals surface area contributed by atoms with Crippen LogP contribution in [-0.2, 0) is 14.3 Å². The summed E-state index contributed by atoms with van der Waals surface area (Å²) in [4.78, 5) is 36.9. The molecule has 7 nitrogen and oxygen atoms in total. The van der Waals surface area contributed by atoms with Crippen molar-refractivity contribution < 1.29 is 28.6 Å². The van der Waals surface area contributed by atoms with Crippen molar-refractivity contribution in [1.29, 1.82) is 0 Å². The number of terminal acetylenes is 1. The molecule has 1 fully saturated rings. The van der Waals surface area contributed by atoms with Crippen LogP contribution in [0.25, 0.3) is 6.08 Å². The van der Waals surface area contributed by atoms with Crippen molar-refractivity contribution in [3.63, 3.8) is 0 Å². The maximum atomic E-state index is 12.3. The van der Waals surface area contributed by atoms with Crippen LogP contribution in [0.4, 0.5) is 4.79 Å². The van der Waals surface area contributed by atoms with E-state index in [1.165, 1.54) is 6.08 Å². The first-order valence-electron chi connectivity index (χ1n) is 8.34. The predicted molar refractivity (Wildman–Crippen MR) is 106 cm³/mol. The Bertz CT molecular complexity index is 861. The second-order valence-electron chi connectivity index (χ2n) is 5.33. The van der Waals surface area contributed by atoms with Crippen molar-refractivity contribution in [1.82, 2.24) is 4.90 Å². The van der Waals surface area contributed by atoms with E-state index in [1.54, 1.807) is 26.0 Å². The van der Waals surface area contributed by atoms with Crippen molar-refractivity contribution in [2.75, 3.05) is 26.4 Å². The number of nitrogens with zero attached hydrogens (tertiary/aromatic N) is 1. The quantitative estimate of drug-likeness (QED) is 0.360. The smallest absolute Gasteiger partial charge is 0.344 e. The molecular weight excluding hydrogens is 406 g/mol. The fourth-order valence-corrected chi connectivity index (χ4v) is 3.40. The van der Waals surface area contributed by atoms with Crippen molar-refractivity contribution in [3.05, 3.63) is 27.6 Å². The van der Waals surface area contributed by atoms with Crippen LogP contribution >= 0.6 is 23.4 Å². The van der Waals surface area contributed by atoms with Gasteiger partial charge in [-0.15, -0.1) is 6.42 Å². The van der Waals surface area contributed by atoms with E-state index in [1.807, 2.05) is 0 Å². The van der Waals surface area contributed by atoms with Gasteiger partial charge in [-0.05, 0) is 49.4 Å². The average molecular weight is 424 g/mol. The molecule has 0 aromatic heterocycles. The monoisotopic (exact) mass is 423 g/mol. The van der Waals surface area contributed by atoms with E-state index in [2.05, 4.69) is 5.92 Å². The lowest BCUT2D eigenvalue weighted by Crippen LogP contribution is -2.28. The fraction of sp³-hybridized carbons (Fsp3) is 0.316. The molecule has 0 saturated carbocycles. The van der Waals surface area contributed by atoms with Gasteiger partial charge in [-0.25, -0.2) is 4.79 Å². The first-order chi connectivity index (χ1) is 13.4. The molecule has 1 aromatic rings. The first-order valence-corrected chi connectivity index (χ1v) is 9.54. The van der Waals surface area contributed by atoms with Gasteiger partial charge in [0.25, 0.3) is 11.1 Å². The van der Waals surface area contributed by atoms with Crippen LogP contribution in [0, 0.1) is 12.3 Å². The summed E-state index contributed by atoms with van der Waals surface area (Å²) in [6, 6.07) is 3.14. The van der Waals surface area contributed by atoms with Gasteiger partial charge in [-0.2, -0.15) is 0 Å². The standard InChI is InChI=1S/C19H18ClNO6S/c1-4-7-21-18(23)15(28-19(21)24)10-12-8-13(20)17(14(9-12)25-5-2)27-11-16(22)26-6-3/h1,8-10H,5-7,11H2,2-3H3. The summed E-state index contributed by atoms with van der Waals surface area (Å²) in [7, 11) is 0. The largest absolute Gasteiger partial charge is 0.490 e. The third kappa shape index (κ3) is 5.21. The maximum Gasteiger partial charge on any atom is 0.344 e. The number of imide groups is 1. The highest BCUT2D eigenvalue weighted by Crippen LogP contribution is 2.39. The zero-order valence-corrected chi connectivity index (χ0v) is 16.9. The Morgan fingerprint density at radius 2 is 2.04 bits per heavy atom. The minimum atomic E-state index is -0.535. The molecule has 148 valence electrons. The Kier molecular flexibility index (Phi) is 7.79. The van der Waals surface area contributed by atoms with Crippen LogP contribution in [0.3, 0.4) is 0 Å². The van der Waals surface area contributed by atoms with E-state index >= 15 is 0 Å². The van der Waals surface area contributed by atoms with Gasteiger partial charge in [0.1, 0.15) is 0 Å². The SMILES string of the molecule is C#CCN1C(=O)SC(=Cc2cc(Cl)c(OCC(=O)OCC)c(OCC)c2)C1=O. The summed E-state index contributed by atoms with van der Waals surface area (Å²) in [5, 5.41) is -0.246. The highest BCUT2D eigenvalue weighted by molar-refractivity contribution is 8.18. The Balaban J connectivity index is 2.29.